The van der Waals surface area contributed by atoms with Crippen LogP contribution in [-0.2, 0) is 39.6 Å². The minimum absolute atomic E-state index is 0.0745. The molecule has 2 amide bonds. The predicted octanol–water partition coefficient (Wildman–Crippen LogP) is 3.03. The van der Waals surface area contributed by atoms with E-state index < -0.39 is 54.6 Å². The van der Waals surface area contributed by atoms with Crippen molar-refractivity contribution in [3.63, 3.8) is 0 Å². The standard InChI is InChI=1S/C22H46N5O6P3S2/c1-10-21(8,15(29)24-11-14(2)28)13-22(9,12-20(6,7)16(30)38(26-23)36-34)17(31)37(35)27-25-18(32)33-19(3,4)5/h14,26-28,35H,10-13,23,34H2,1-9H3,(H,24,29)(H,25,32). The molecule has 38 heavy (non-hydrogen) atoms. The average Bonchev–Trinajstić information content (AvgIpc) is 2.79. The van der Waals surface area contributed by atoms with Crippen LogP contribution in [0.4, 0.5) is 4.79 Å². The molecule has 0 fully saturated rings. The van der Waals surface area contributed by atoms with Crippen molar-refractivity contribution >= 4 is 66.7 Å². The molecule has 0 aromatic rings. The van der Waals surface area contributed by atoms with E-state index in [1.807, 2.05) is 6.92 Å². The topological polar surface area (TPSA) is 172 Å². The van der Waals surface area contributed by atoms with Crippen LogP contribution in [0.3, 0.4) is 0 Å². The summed E-state index contributed by atoms with van der Waals surface area (Å²) in [6.45, 7) is 15.6. The zero-order chi connectivity index (χ0) is 30.1. The fourth-order valence-electron chi connectivity index (χ4n) is 4.02. The number of carbonyl (C=O) groups excluding carboxylic acids is 4. The molecule has 222 valence electrons. The Balaban J connectivity index is 6.30. The number of ether oxygens (including phenoxy) is 1. The molecular formula is C22H46N5O6P3S2. The fraction of sp³-hybridized carbons (Fsp3) is 0.818. The number of aliphatic hydroxyl groups excluding tert-OH is 1. The molecule has 0 aromatic carbocycles. The Morgan fingerprint density at radius 1 is 1.05 bits per heavy atom. The first kappa shape index (κ1) is 37.6. The maximum atomic E-state index is 13.9. The molecule has 0 aliphatic heterocycles. The van der Waals surface area contributed by atoms with Gasteiger partial charge in [-0.2, -0.15) is 9.66 Å². The van der Waals surface area contributed by atoms with Crippen molar-refractivity contribution in [3.05, 3.63) is 0 Å². The molecule has 0 aromatic heterocycles. The highest BCUT2D eigenvalue weighted by atomic mass is 32.6. The van der Waals surface area contributed by atoms with E-state index in [0.717, 1.165) is 0 Å². The van der Waals surface area contributed by atoms with Crippen molar-refractivity contribution in [2.24, 2.45) is 22.1 Å². The highest BCUT2D eigenvalue weighted by molar-refractivity contribution is 8.43. The summed E-state index contributed by atoms with van der Waals surface area (Å²) in [6.07, 6.45) is -0.846. The third-order valence-electron chi connectivity index (χ3n) is 5.78. The van der Waals surface area contributed by atoms with Gasteiger partial charge in [0.1, 0.15) is 5.60 Å². The van der Waals surface area contributed by atoms with Crippen molar-refractivity contribution in [2.45, 2.75) is 93.3 Å². The number of hydrogen-bond donors (Lipinski definition) is 6. The molecule has 16 heteroatoms. The summed E-state index contributed by atoms with van der Waals surface area (Å²) in [5.74, 6) is 5.30. The van der Waals surface area contributed by atoms with Gasteiger partial charge in [-0.25, -0.2) is 10.2 Å². The van der Waals surface area contributed by atoms with Crippen molar-refractivity contribution in [1.82, 2.24) is 20.4 Å². The number of nitrogens with two attached hydrogens (primary N) is 1. The lowest BCUT2D eigenvalue weighted by molar-refractivity contribution is -0.135. The molecule has 0 aliphatic carbocycles. The smallest absolute Gasteiger partial charge is 0.422 e. The molecule has 0 saturated heterocycles. The van der Waals surface area contributed by atoms with Crippen molar-refractivity contribution in [1.29, 1.82) is 0 Å². The summed E-state index contributed by atoms with van der Waals surface area (Å²) in [6, 6.07) is 0. The van der Waals surface area contributed by atoms with Crippen LogP contribution in [0.15, 0.2) is 0 Å². The van der Waals surface area contributed by atoms with Gasteiger partial charge in [-0.3, -0.25) is 20.2 Å². The van der Waals surface area contributed by atoms with E-state index in [1.165, 1.54) is 0 Å². The van der Waals surface area contributed by atoms with Crippen LogP contribution in [0.1, 0.15) is 81.6 Å². The van der Waals surface area contributed by atoms with Gasteiger partial charge in [-0.15, -0.1) is 0 Å². The van der Waals surface area contributed by atoms with Gasteiger partial charge >= 0.3 is 6.09 Å². The SMILES string of the molecule is CCC(C)(CC(C)(CC(C)(C)C(=O)S(NN)=PP)C(=O)S(=P)NNC(=O)OC(C)(C)C)C(=O)NCC(C)O. The number of aliphatic hydroxyl groups is 1. The Hall–Kier alpha value is -0.350. The largest absolute Gasteiger partial charge is 0.443 e. The van der Waals surface area contributed by atoms with E-state index in [9.17, 15) is 24.3 Å². The molecule has 0 spiro atoms. The highest BCUT2D eigenvalue weighted by Gasteiger charge is 2.48. The van der Waals surface area contributed by atoms with Gasteiger partial charge in [0.15, 0.2) is 0 Å². The first-order valence-corrected chi connectivity index (χ1v) is 18.8. The Morgan fingerprint density at radius 2 is 1.61 bits per heavy atom. The van der Waals surface area contributed by atoms with Crippen LogP contribution in [0.25, 0.3) is 0 Å². The minimum Gasteiger partial charge on any atom is -0.443 e. The summed E-state index contributed by atoms with van der Waals surface area (Å²) in [4.78, 5) is 57.8. The van der Waals surface area contributed by atoms with Gasteiger partial charge in [-0.1, -0.05) is 51.6 Å². The zero-order valence-electron chi connectivity index (χ0n) is 23.8. The summed E-state index contributed by atoms with van der Waals surface area (Å²) >= 11 is 0. The molecule has 0 rings (SSSR count). The van der Waals surface area contributed by atoms with Gasteiger partial charge < -0.3 is 15.2 Å². The summed E-state index contributed by atoms with van der Waals surface area (Å²) in [5.41, 5.74) is -1.52. The monoisotopic (exact) mass is 633 g/mol. The van der Waals surface area contributed by atoms with Gasteiger partial charge in [0.2, 0.25) is 16.1 Å². The molecule has 7 N–H and O–H groups in total. The Labute approximate surface area is 237 Å². The number of hydrogen-bond acceptors (Lipinski definition) is 7. The second-order valence-electron chi connectivity index (χ2n) is 11.4. The Morgan fingerprint density at radius 3 is 2.03 bits per heavy atom. The number of rotatable bonds is 13. The summed E-state index contributed by atoms with van der Waals surface area (Å²) < 4.78 is 5.21. The van der Waals surface area contributed by atoms with Crippen LogP contribution in [0, 0.1) is 16.2 Å². The number of carbonyl (C=O) groups is 4. The zero-order valence-corrected chi connectivity index (χ0v) is 28.5. The van der Waals surface area contributed by atoms with E-state index in [1.54, 1.807) is 55.4 Å². The van der Waals surface area contributed by atoms with Crippen molar-refractivity contribution < 1.29 is 29.0 Å². The molecule has 0 bridgehead atoms. The van der Waals surface area contributed by atoms with Gasteiger partial charge in [0, 0.05) is 22.8 Å². The molecule has 11 nitrogen and oxygen atoms in total. The molecular weight excluding hydrogens is 587 g/mol. The lowest BCUT2D eigenvalue weighted by Crippen LogP contribution is -2.50. The molecule has 6 atom stereocenters. The van der Waals surface area contributed by atoms with Crippen LogP contribution >= 0.6 is 24.0 Å². The van der Waals surface area contributed by atoms with Crippen LogP contribution in [0.2, 0.25) is 0 Å². The third-order valence-corrected chi connectivity index (χ3v) is 12.5. The normalized spacial score (nSPS) is 17.9. The van der Waals surface area contributed by atoms with E-state index >= 15 is 0 Å². The van der Waals surface area contributed by atoms with E-state index in [0.29, 0.717) is 13.5 Å². The van der Waals surface area contributed by atoms with Crippen LogP contribution in [-0.4, -0.2) is 45.6 Å². The summed E-state index contributed by atoms with van der Waals surface area (Å²) in [7, 11) is 4.21. The van der Waals surface area contributed by atoms with Crippen molar-refractivity contribution in [2.75, 3.05) is 6.54 Å². The lowest BCUT2D eigenvalue weighted by atomic mass is 9.65. The molecule has 0 saturated carbocycles. The van der Waals surface area contributed by atoms with Crippen LogP contribution < -0.4 is 26.2 Å². The predicted molar refractivity (Wildman–Crippen MR) is 164 cm³/mol. The first-order chi connectivity index (χ1) is 17.2. The maximum absolute atomic E-state index is 13.9. The number of nitrogens with one attached hydrogen (secondary N) is 4. The lowest BCUT2D eigenvalue weighted by Gasteiger charge is -2.41. The fourth-order valence-corrected chi connectivity index (χ4v) is 9.31. The molecule has 0 radical (unpaired) electrons. The molecule has 0 heterocycles. The van der Waals surface area contributed by atoms with E-state index in [-0.39, 0.29) is 35.5 Å². The summed E-state index contributed by atoms with van der Waals surface area (Å²) in [5, 5.41) is 11.9. The number of amides is 2. The second-order valence-corrected chi connectivity index (χ2v) is 18.8. The quantitative estimate of drug-likeness (QED) is 0.101. The Kier molecular flexibility index (Phi) is 15.5. The number of hydrazine groups is 2. The van der Waals surface area contributed by atoms with Gasteiger partial charge in [0.25, 0.3) is 0 Å². The Bertz CT molecular complexity index is 945. The minimum atomic E-state index is -1.38. The highest BCUT2D eigenvalue weighted by Crippen LogP contribution is 2.46. The maximum Gasteiger partial charge on any atom is 0.422 e. The van der Waals surface area contributed by atoms with E-state index in [4.69, 9.17) is 10.6 Å². The van der Waals surface area contributed by atoms with Gasteiger partial charge in [-0.05, 0) is 74.5 Å². The molecule has 0 aliphatic rings. The first-order valence-electron chi connectivity index (χ1n) is 12.0. The van der Waals surface area contributed by atoms with Crippen LogP contribution in [0.5, 0.6) is 0 Å². The van der Waals surface area contributed by atoms with E-state index in [2.05, 4.69) is 37.3 Å². The second kappa shape index (κ2) is 15.6. The molecule has 6 unspecified atom stereocenters. The van der Waals surface area contributed by atoms with Crippen molar-refractivity contribution in [3.8, 4) is 0 Å². The van der Waals surface area contributed by atoms with Gasteiger partial charge in [0.05, 0.1) is 6.10 Å². The third kappa shape index (κ3) is 12.0. The average molecular weight is 634 g/mol.